The number of rotatable bonds is 4. The molecule has 9 heteroatoms. The highest BCUT2D eigenvalue weighted by Crippen LogP contribution is 2.30. The quantitative estimate of drug-likeness (QED) is 0.514. The molecular weight excluding hydrogens is 414 g/mol. The first-order valence-corrected chi connectivity index (χ1v) is 10.8. The number of nitrogens with zero attached hydrogens (tertiary/aromatic N) is 3. The summed E-state index contributed by atoms with van der Waals surface area (Å²) in [6, 6.07) is 12.9. The second-order valence-electron chi connectivity index (χ2n) is 7.42. The molecule has 2 aromatic carbocycles. The fraction of sp³-hybridized carbons (Fsp3) is 0.227. The van der Waals surface area contributed by atoms with Gasteiger partial charge >= 0.3 is 6.03 Å². The standard InChI is InChI=1S/C22H21N5O3S/c23-21(29)24-16-4-2-15(3-5-16)17-13-27-18-6-1-14(11-19(18)31-22(27)25-17)12-20(28)26-7-9-30-10-8-26/h1-6,11,13H,7-10,12H2,(H3,23,24,29). The summed E-state index contributed by atoms with van der Waals surface area (Å²) >= 11 is 1.60. The lowest BCUT2D eigenvalue weighted by molar-refractivity contribution is -0.134. The van der Waals surface area contributed by atoms with Crippen molar-refractivity contribution in [1.82, 2.24) is 14.3 Å². The lowest BCUT2D eigenvalue weighted by Crippen LogP contribution is -2.41. The number of amides is 3. The predicted octanol–water partition coefficient (Wildman–Crippen LogP) is 3.11. The van der Waals surface area contributed by atoms with Crippen molar-refractivity contribution in [3.05, 3.63) is 54.2 Å². The smallest absolute Gasteiger partial charge is 0.316 e. The molecule has 0 saturated carbocycles. The lowest BCUT2D eigenvalue weighted by Gasteiger charge is -2.26. The summed E-state index contributed by atoms with van der Waals surface area (Å²) in [6.07, 6.45) is 2.40. The third-order valence-corrected chi connectivity index (χ3v) is 6.34. The number of nitrogens with one attached hydrogen (secondary N) is 1. The van der Waals surface area contributed by atoms with Gasteiger partial charge in [-0.05, 0) is 29.8 Å². The van der Waals surface area contributed by atoms with Crippen molar-refractivity contribution in [2.45, 2.75) is 6.42 Å². The lowest BCUT2D eigenvalue weighted by atomic mass is 10.1. The summed E-state index contributed by atoms with van der Waals surface area (Å²) in [4.78, 5) is 31.0. The average molecular weight is 436 g/mol. The van der Waals surface area contributed by atoms with Crippen LogP contribution in [-0.4, -0.2) is 52.5 Å². The van der Waals surface area contributed by atoms with Gasteiger partial charge in [0, 0.05) is 30.5 Å². The number of benzene rings is 2. The van der Waals surface area contributed by atoms with E-state index in [0.717, 1.165) is 32.0 Å². The van der Waals surface area contributed by atoms with Crippen LogP contribution in [-0.2, 0) is 16.0 Å². The molecule has 0 atom stereocenters. The van der Waals surface area contributed by atoms with Crippen molar-refractivity contribution in [3.63, 3.8) is 0 Å². The molecule has 2 aromatic heterocycles. The number of urea groups is 1. The minimum atomic E-state index is -0.590. The number of fused-ring (bicyclic) bond motifs is 3. The minimum Gasteiger partial charge on any atom is -0.378 e. The third-order valence-electron chi connectivity index (χ3n) is 5.33. The highest BCUT2D eigenvalue weighted by molar-refractivity contribution is 7.23. The molecule has 1 aliphatic rings. The van der Waals surface area contributed by atoms with E-state index in [1.54, 1.807) is 23.5 Å². The summed E-state index contributed by atoms with van der Waals surface area (Å²) in [6.45, 7) is 2.55. The van der Waals surface area contributed by atoms with Gasteiger partial charge in [-0.3, -0.25) is 9.20 Å². The Hall–Kier alpha value is -3.43. The predicted molar refractivity (Wildman–Crippen MR) is 120 cm³/mol. The van der Waals surface area contributed by atoms with Crippen molar-refractivity contribution in [3.8, 4) is 11.3 Å². The molecule has 31 heavy (non-hydrogen) atoms. The number of hydrogen-bond acceptors (Lipinski definition) is 5. The Morgan fingerprint density at radius 3 is 2.65 bits per heavy atom. The van der Waals surface area contributed by atoms with E-state index in [0.29, 0.717) is 38.4 Å². The van der Waals surface area contributed by atoms with E-state index in [1.165, 1.54) is 0 Å². The molecule has 3 amide bonds. The highest BCUT2D eigenvalue weighted by atomic mass is 32.1. The van der Waals surface area contributed by atoms with Gasteiger partial charge in [-0.1, -0.05) is 29.5 Å². The van der Waals surface area contributed by atoms with E-state index in [9.17, 15) is 9.59 Å². The largest absolute Gasteiger partial charge is 0.378 e. The maximum Gasteiger partial charge on any atom is 0.316 e. The van der Waals surface area contributed by atoms with Crippen molar-refractivity contribution in [2.24, 2.45) is 5.73 Å². The summed E-state index contributed by atoms with van der Waals surface area (Å²) in [7, 11) is 0. The molecule has 1 fully saturated rings. The van der Waals surface area contributed by atoms with E-state index >= 15 is 0 Å². The summed E-state index contributed by atoms with van der Waals surface area (Å²) < 4.78 is 8.49. The molecule has 8 nitrogen and oxygen atoms in total. The fourth-order valence-electron chi connectivity index (χ4n) is 3.76. The van der Waals surface area contributed by atoms with Gasteiger partial charge < -0.3 is 20.7 Å². The van der Waals surface area contributed by atoms with Crippen LogP contribution in [0.25, 0.3) is 26.4 Å². The van der Waals surface area contributed by atoms with Gasteiger partial charge in [0.15, 0.2) is 4.96 Å². The van der Waals surface area contributed by atoms with Crippen molar-refractivity contribution >= 4 is 44.1 Å². The normalized spacial score (nSPS) is 14.3. The Balaban J connectivity index is 1.38. The summed E-state index contributed by atoms with van der Waals surface area (Å²) in [5, 5.41) is 2.55. The number of anilines is 1. The molecule has 5 rings (SSSR count). The molecule has 0 unspecified atom stereocenters. The molecule has 0 aliphatic carbocycles. The molecule has 4 aromatic rings. The summed E-state index contributed by atoms with van der Waals surface area (Å²) in [5.74, 6) is 0.139. The van der Waals surface area contributed by atoms with Crippen molar-refractivity contribution in [1.29, 1.82) is 0 Å². The molecule has 0 radical (unpaired) electrons. The Labute approximate surface area is 182 Å². The number of morpholine rings is 1. The first-order chi connectivity index (χ1) is 15.1. The number of ether oxygens (including phenoxy) is 1. The molecule has 0 spiro atoms. The average Bonchev–Trinajstić information content (AvgIpc) is 3.32. The van der Waals surface area contributed by atoms with Gasteiger partial charge in [0.25, 0.3) is 0 Å². The topological polar surface area (TPSA) is 102 Å². The molecule has 3 N–H and O–H groups in total. The van der Waals surface area contributed by atoms with Crippen LogP contribution in [0.1, 0.15) is 5.56 Å². The van der Waals surface area contributed by atoms with E-state index in [2.05, 4.69) is 15.8 Å². The number of carbonyl (C=O) groups is 2. The summed E-state index contributed by atoms with van der Waals surface area (Å²) in [5.41, 5.74) is 9.66. The highest BCUT2D eigenvalue weighted by Gasteiger charge is 2.18. The van der Waals surface area contributed by atoms with Crippen molar-refractivity contribution in [2.75, 3.05) is 31.6 Å². The third kappa shape index (κ3) is 3.97. The van der Waals surface area contributed by atoms with E-state index in [1.807, 2.05) is 35.4 Å². The Morgan fingerprint density at radius 2 is 1.90 bits per heavy atom. The SMILES string of the molecule is NC(=O)Nc1ccc(-c2cn3c(n2)sc2cc(CC(=O)N4CCOCC4)ccc23)cc1. The Bertz CT molecular complexity index is 1270. The van der Waals surface area contributed by atoms with Crippen LogP contribution in [0.3, 0.4) is 0 Å². The monoisotopic (exact) mass is 435 g/mol. The number of nitrogens with two attached hydrogens (primary N) is 1. The van der Waals surface area contributed by atoms with Gasteiger partial charge in [-0.2, -0.15) is 0 Å². The number of imidazole rings is 1. The molecular formula is C22H21N5O3S. The minimum absolute atomic E-state index is 0.139. The Morgan fingerprint density at radius 1 is 1.13 bits per heavy atom. The first kappa shape index (κ1) is 19.5. The molecule has 1 aliphatic heterocycles. The van der Waals surface area contributed by atoms with Crippen LogP contribution >= 0.6 is 11.3 Å². The first-order valence-electron chi connectivity index (χ1n) is 10.00. The van der Waals surface area contributed by atoms with Gasteiger partial charge in [-0.25, -0.2) is 9.78 Å². The zero-order chi connectivity index (χ0) is 21.4. The van der Waals surface area contributed by atoms with Gasteiger partial charge in [0.2, 0.25) is 5.91 Å². The number of thiazole rings is 1. The molecule has 1 saturated heterocycles. The van der Waals surface area contributed by atoms with Gasteiger partial charge in [0.1, 0.15) is 0 Å². The Kier molecular flexibility index (Phi) is 5.05. The fourth-order valence-corrected chi connectivity index (χ4v) is 4.83. The maximum absolute atomic E-state index is 12.5. The van der Waals surface area contributed by atoms with Crippen molar-refractivity contribution < 1.29 is 14.3 Å². The number of primary amides is 1. The van der Waals surface area contributed by atoms with Crippen LogP contribution in [0.15, 0.2) is 48.7 Å². The van der Waals surface area contributed by atoms with E-state index in [4.69, 9.17) is 15.5 Å². The second kappa shape index (κ2) is 8.01. The van der Waals surface area contributed by atoms with E-state index < -0.39 is 6.03 Å². The van der Waals surface area contributed by atoms with Crippen LogP contribution in [0.4, 0.5) is 10.5 Å². The van der Waals surface area contributed by atoms with Crippen LogP contribution in [0.5, 0.6) is 0 Å². The molecule has 0 bridgehead atoms. The van der Waals surface area contributed by atoms with E-state index in [-0.39, 0.29) is 5.91 Å². The zero-order valence-electron chi connectivity index (χ0n) is 16.7. The van der Waals surface area contributed by atoms with Gasteiger partial charge in [-0.15, -0.1) is 0 Å². The molecule has 3 heterocycles. The van der Waals surface area contributed by atoms with Crippen LogP contribution < -0.4 is 11.1 Å². The number of carbonyl (C=O) groups excluding carboxylic acids is 2. The van der Waals surface area contributed by atoms with Gasteiger partial charge in [0.05, 0.1) is 35.5 Å². The number of hydrogen-bond donors (Lipinski definition) is 2. The van der Waals surface area contributed by atoms with Crippen LogP contribution in [0.2, 0.25) is 0 Å². The molecule has 158 valence electrons. The zero-order valence-corrected chi connectivity index (χ0v) is 17.5. The number of aromatic nitrogens is 2. The van der Waals surface area contributed by atoms with Crippen LogP contribution in [0, 0.1) is 0 Å². The second-order valence-corrected chi connectivity index (χ2v) is 8.43. The maximum atomic E-state index is 12.5.